The number of anilines is 2. The minimum Gasteiger partial charge on any atom is -0.508 e. The van der Waals surface area contributed by atoms with E-state index in [-0.39, 0.29) is 34.7 Å². The highest BCUT2D eigenvalue weighted by molar-refractivity contribution is 6.31. The first-order valence-electron chi connectivity index (χ1n) is 16.2. The summed E-state index contributed by atoms with van der Waals surface area (Å²) in [4.78, 5) is 59.6. The molecule has 6 atom stereocenters. The number of carbonyl (C=O) groups is 4. The molecule has 3 heterocycles. The molecule has 244 valence electrons. The highest BCUT2D eigenvalue weighted by Crippen LogP contribution is 2.63. The van der Waals surface area contributed by atoms with Crippen molar-refractivity contribution >= 4 is 46.6 Å². The number of allylic oxidation sites excluding steroid dienone is 3. The Hall–Kier alpha value is -4.76. The smallest absolute Gasteiger partial charge is 0.241 e. The second-order valence-corrected chi connectivity index (χ2v) is 14.0. The van der Waals surface area contributed by atoms with Gasteiger partial charge in [0.25, 0.3) is 0 Å². The molecule has 0 radical (unpaired) electrons. The van der Waals surface area contributed by atoms with Gasteiger partial charge in [0.2, 0.25) is 23.6 Å². The second kappa shape index (κ2) is 10.9. The maximum Gasteiger partial charge on any atom is 0.241 e. The van der Waals surface area contributed by atoms with Gasteiger partial charge in [0.15, 0.2) is 0 Å². The number of ether oxygens (including phenoxy) is 1. The molecule has 4 amide bonds. The Morgan fingerprint density at radius 3 is 2.42 bits per heavy atom. The molecule has 5 aliphatic rings. The Kier molecular flexibility index (Phi) is 6.93. The van der Waals surface area contributed by atoms with Gasteiger partial charge in [-0.15, -0.1) is 0 Å². The van der Waals surface area contributed by atoms with Crippen LogP contribution in [0.5, 0.6) is 11.5 Å². The Morgan fingerprint density at radius 1 is 0.938 bits per heavy atom. The number of phenolic OH excluding ortho intramolecular Hbond substituents is 1. The lowest BCUT2D eigenvalue weighted by atomic mass is 9.51. The molecule has 1 saturated carbocycles. The molecule has 1 N–H and O–H groups in total. The third kappa shape index (κ3) is 4.26. The number of imide groups is 2. The number of hydrogen-bond acceptors (Lipinski definition) is 6. The topological polar surface area (TPSA) is 104 Å². The van der Waals surface area contributed by atoms with E-state index in [0.717, 1.165) is 39.7 Å². The van der Waals surface area contributed by atoms with E-state index < -0.39 is 52.6 Å². The summed E-state index contributed by atoms with van der Waals surface area (Å²) in [6.07, 6.45) is 5.25. The number of rotatable bonds is 4. The molecule has 2 aliphatic carbocycles. The van der Waals surface area contributed by atoms with Crippen LogP contribution in [0.15, 0.2) is 84.1 Å². The highest BCUT2D eigenvalue weighted by Gasteiger charge is 2.68. The minimum absolute atomic E-state index is 0.0672. The average Bonchev–Trinajstić information content (AvgIpc) is 3.45. The van der Waals surface area contributed by atoms with Crippen LogP contribution in [-0.4, -0.2) is 28.7 Å². The Morgan fingerprint density at radius 2 is 1.69 bits per heavy atom. The van der Waals surface area contributed by atoms with Crippen LogP contribution >= 0.6 is 11.6 Å². The molecule has 2 saturated heterocycles. The van der Waals surface area contributed by atoms with Crippen molar-refractivity contribution in [1.29, 1.82) is 0 Å². The van der Waals surface area contributed by atoms with E-state index in [1.165, 1.54) is 23.1 Å². The van der Waals surface area contributed by atoms with Gasteiger partial charge in [-0.3, -0.25) is 24.1 Å². The SMILES string of the molecule is CCc1ccc(N2C(=O)C3CC=C4C(CC5C(=O)N(c6ccc(F)c(Cl)c6)C(=O)C5(C)C4C4=COc5ccc(O)cc5C4)C3C2=O)cc1. The Labute approximate surface area is 281 Å². The molecule has 8 rings (SSSR count). The summed E-state index contributed by atoms with van der Waals surface area (Å²) in [6.45, 7) is 3.81. The molecule has 10 heteroatoms. The van der Waals surface area contributed by atoms with Gasteiger partial charge in [-0.1, -0.05) is 42.3 Å². The number of carbonyl (C=O) groups excluding carboxylic acids is 4. The lowest BCUT2D eigenvalue weighted by molar-refractivity contribution is -0.132. The minimum atomic E-state index is -1.29. The normalized spacial score (nSPS) is 29.1. The van der Waals surface area contributed by atoms with Gasteiger partial charge in [-0.25, -0.2) is 9.29 Å². The monoisotopic (exact) mass is 666 g/mol. The number of halogens is 2. The number of fused-ring (bicyclic) bond motifs is 5. The third-order valence-corrected chi connectivity index (χ3v) is 11.5. The van der Waals surface area contributed by atoms with E-state index in [9.17, 15) is 28.7 Å². The van der Waals surface area contributed by atoms with Crippen LogP contribution in [0.4, 0.5) is 15.8 Å². The summed E-state index contributed by atoms with van der Waals surface area (Å²) in [6, 6.07) is 16.0. The van der Waals surface area contributed by atoms with Crippen molar-refractivity contribution < 1.29 is 33.4 Å². The Bertz CT molecular complexity index is 2010. The van der Waals surface area contributed by atoms with Crippen LogP contribution < -0.4 is 14.5 Å². The molecule has 0 bridgehead atoms. The summed E-state index contributed by atoms with van der Waals surface area (Å²) in [5.41, 5.74) is 2.74. The van der Waals surface area contributed by atoms with Gasteiger partial charge >= 0.3 is 0 Å². The molecular formula is C38H32ClFN2O6. The van der Waals surface area contributed by atoms with E-state index in [0.29, 0.717) is 24.3 Å². The fraction of sp³-hybridized carbons (Fsp3) is 0.316. The predicted molar refractivity (Wildman–Crippen MR) is 176 cm³/mol. The fourth-order valence-corrected chi connectivity index (χ4v) is 9.03. The van der Waals surface area contributed by atoms with E-state index >= 15 is 0 Å². The van der Waals surface area contributed by atoms with Gasteiger partial charge in [0, 0.05) is 17.9 Å². The second-order valence-electron chi connectivity index (χ2n) is 13.6. The largest absolute Gasteiger partial charge is 0.508 e. The summed E-state index contributed by atoms with van der Waals surface area (Å²) in [7, 11) is 0. The number of amides is 4. The maximum atomic E-state index is 14.6. The zero-order valence-electron chi connectivity index (χ0n) is 26.3. The van der Waals surface area contributed by atoms with Crippen molar-refractivity contribution in [3.05, 3.63) is 106 Å². The van der Waals surface area contributed by atoms with E-state index in [2.05, 4.69) is 0 Å². The standard InChI is InChI=1S/C38H32ClFN2O6/c1-3-19-4-6-22(7-5-19)41-34(44)26-11-10-25-27(32(26)36(41)46)17-28-35(45)42(23-8-12-30(40)29(39)16-23)37(47)38(28,2)33(25)21-14-20-15-24(43)9-13-31(20)48-18-21/h4-10,12-13,15-16,18,26-28,32-33,43H,3,11,14,17H2,1-2H3. The predicted octanol–water partition coefficient (Wildman–Crippen LogP) is 6.53. The molecule has 3 aromatic rings. The lowest BCUT2D eigenvalue weighted by Crippen LogP contribution is -2.51. The molecule has 0 spiro atoms. The van der Waals surface area contributed by atoms with Crippen molar-refractivity contribution in [2.24, 2.45) is 35.0 Å². The average molecular weight is 667 g/mol. The zero-order chi connectivity index (χ0) is 33.6. The third-order valence-electron chi connectivity index (χ3n) is 11.2. The van der Waals surface area contributed by atoms with Crippen LogP contribution in [0, 0.1) is 40.8 Å². The number of nitrogens with zero attached hydrogens (tertiary/aromatic N) is 2. The first-order chi connectivity index (χ1) is 23.0. The quantitative estimate of drug-likeness (QED) is 0.251. The summed E-state index contributed by atoms with van der Waals surface area (Å²) >= 11 is 6.10. The maximum absolute atomic E-state index is 14.6. The van der Waals surface area contributed by atoms with Crippen molar-refractivity contribution in [2.75, 3.05) is 9.80 Å². The Balaban J connectivity index is 1.24. The summed E-state index contributed by atoms with van der Waals surface area (Å²) in [5.74, 6) is -4.86. The molecule has 3 aromatic carbocycles. The number of hydrogen-bond donors (Lipinski definition) is 1. The van der Waals surface area contributed by atoms with Crippen molar-refractivity contribution in [3.63, 3.8) is 0 Å². The number of aryl methyl sites for hydroxylation is 1. The van der Waals surface area contributed by atoms with Crippen LogP contribution in [0.1, 0.15) is 37.8 Å². The van der Waals surface area contributed by atoms with Crippen LogP contribution in [-0.2, 0) is 32.0 Å². The summed E-state index contributed by atoms with van der Waals surface area (Å²) < 4.78 is 20.2. The van der Waals surface area contributed by atoms with Gasteiger partial charge < -0.3 is 9.84 Å². The highest BCUT2D eigenvalue weighted by atomic mass is 35.5. The molecular weight excluding hydrogens is 635 g/mol. The number of benzene rings is 3. The van der Waals surface area contributed by atoms with E-state index in [4.69, 9.17) is 16.3 Å². The molecule has 0 aromatic heterocycles. The molecule has 3 fully saturated rings. The van der Waals surface area contributed by atoms with Crippen LogP contribution in [0.25, 0.3) is 0 Å². The molecule has 8 nitrogen and oxygen atoms in total. The molecule has 6 unspecified atom stereocenters. The molecule has 3 aliphatic heterocycles. The first-order valence-corrected chi connectivity index (χ1v) is 16.6. The van der Waals surface area contributed by atoms with Gasteiger partial charge in [0.1, 0.15) is 17.3 Å². The van der Waals surface area contributed by atoms with E-state index in [1.807, 2.05) is 25.1 Å². The fourth-order valence-electron chi connectivity index (χ4n) is 8.85. The van der Waals surface area contributed by atoms with Crippen LogP contribution in [0.2, 0.25) is 5.02 Å². The van der Waals surface area contributed by atoms with Gasteiger partial charge in [-0.2, -0.15) is 0 Å². The van der Waals surface area contributed by atoms with Crippen molar-refractivity contribution in [1.82, 2.24) is 0 Å². The zero-order valence-corrected chi connectivity index (χ0v) is 27.0. The first kappa shape index (κ1) is 30.6. The van der Waals surface area contributed by atoms with Crippen molar-refractivity contribution in [3.8, 4) is 11.5 Å². The lowest BCUT2D eigenvalue weighted by Gasteiger charge is -2.49. The number of aromatic hydroxyl groups is 1. The van der Waals surface area contributed by atoms with Gasteiger partial charge in [-0.05, 0) is 91.8 Å². The number of phenols is 1. The summed E-state index contributed by atoms with van der Waals surface area (Å²) in [5, 5.41) is 10.0. The van der Waals surface area contributed by atoms with Crippen molar-refractivity contribution in [2.45, 2.75) is 39.5 Å². The van der Waals surface area contributed by atoms with Crippen LogP contribution in [0.3, 0.4) is 0 Å². The van der Waals surface area contributed by atoms with Gasteiger partial charge in [0.05, 0.1) is 45.8 Å². The van der Waals surface area contributed by atoms with E-state index in [1.54, 1.807) is 37.5 Å². The molecule has 48 heavy (non-hydrogen) atoms.